The van der Waals surface area contributed by atoms with Gasteiger partial charge in [-0.15, -0.1) is 0 Å². The standard InChI is InChI=1S/C18H19N5O/c19-10-13-6-8-15(9-7-13)23-18(24)16-11-21-17(12-20-16)22-14-4-2-1-3-5-14/h6-9,11-12,14H,1-5H2,(H,21,22)(H,23,24). The van der Waals surface area contributed by atoms with Crippen LogP contribution in [-0.2, 0) is 0 Å². The Kier molecular flexibility index (Phi) is 5.02. The minimum absolute atomic E-state index is 0.258. The van der Waals surface area contributed by atoms with Gasteiger partial charge in [-0.05, 0) is 37.1 Å². The first kappa shape index (κ1) is 15.9. The van der Waals surface area contributed by atoms with E-state index in [1.165, 1.54) is 25.5 Å². The molecule has 0 spiro atoms. The van der Waals surface area contributed by atoms with Crippen molar-refractivity contribution in [3.8, 4) is 6.07 Å². The van der Waals surface area contributed by atoms with Crippen LogP contribution in [0.3, 0.4) is 0 Å². The van der Waals surface area contributed by atoms with E-state index in [4.69, 9.17) is 5.26 Å². The quantitative estimate of drug-likeness (QED) is 0.901. The third-order valence-electron chi connectivity index (χ3n) is 4.11. The number of anilines is 2. The highest BCUT2D eigenvalue weighted by atomic mass is 16.1. The lowest BCUT2D eigenvalue weighted by Crippen LogP contribution is -2.23. The fourth-order valence-electron chi connectivity index (χ4n) is 2.80. The normalized spacial score (nSPS) is 14.6. The van der Waals surface area contributed by atoms with Crippen molar-refractivity contribution in [2.45, 2.75) is 38.1 Å². The lowest BCUT2D eigenvalue weighted by Gasteiger charge is -2.23. The van der Waals surface area contributed by atoms with E-state index in [1.54, 1.807) is 30.5 Å². The highest BCUT2D eigenvalue weighted by molar-refractivity contribution is 6.02. The Labute approximate surface area is 140 Å². The summed E-state index contributed by atoms with van der Waals surface area (Å²) in [6.07, 6.45) is 9.18. The van der Waals surface area contributed by atoms with Gasteiger partial charge in [0.2, 0.25) is 0 Å². The van der Waals surface area contributed by atoms with Crippen LogP contribution in [-0.4, -0.2) is 21.9 Å². The predicted octanol–water partition coefficient (Wildman–Crippen LogP) is 3.35. The number of amides is 1. The Morgan fingerprint density at radius 1 is 1.08 bits per heavy atom. The number of aromatic nitrogens is 2. The first-order chi connectivity index (χ1) is 11.7. The number of nitrogens with zero attached hydrogens (tertiary/aromatic N) is 3. The molecule has 1 saturated carbocycles. The van der Waals surface area contributed by atoms with E-state index in [2.05, 4.69) is 20.6 Å². The second-order valence-corrected chi connectivity index (χ2v) is 5.91. The highest BCUT2D eigenvalue weighted by Crippen LogP contribution is 2.20. The lowest BCUT2D eigenvalue weighted by molar-refractivity contribution is 0.102. The third kappa shape index (κ3) is 4.07. The molecule has 6 heteroatoms. The van der Waals surface area contributed by atoms with Gasteiger partial charge in [-0.2, -0.15) is 5.26 Å². The number of nitrogens with one attached hydrogen (secondary N) is 2. The average molecular weight is 321 g/mol. The zero-order chi connectivity index (χ0) is 16.8. The molecule has 2 aromatic rings. The van der Waals surface area contributed by atoms with Crippen molar-refractivity contribution < 1.29 is 4.79 Å². The molecule has 0 saturated heterocycles. The zero-order valence-corrected chi connectivity index (χ0v) is 13.3. The zero-order valence-electron chi connectivity index (χ0n) is 13.3. The van der Waals surface area contributed by atoms with Gasteiger partial charge < -0.3 is 10.6 Å². The molecule has 1 aromatic carbocycles. The molecule has 1 aliphatic carbocycles. The van der Waals surface area contributed by atoms with Crippen molar-refractivity contribution >= 4 is 17.4 Å². The number of rotatable bonds is 4. The molecular formula is C18H19N5O. The van der Waals surface area contributed by atoms with Gasteiger partial charge >= 0.3 is 0 Å². The topological polar surface area (TPSA) is 90.7 Å². The Morgan fingerprint density at radius 2 is 1.83 bits per heavy atom. The van der Waals surface area contributed by atoms with Crippen molar-refractivity contribution in [1.82, 2.24) is 9.97 Å². The monoisotopic (exact) mass is 321 g/mol. The summed E-state index contributed by atoms with van der Waals surface area (Å²) < 4.78 is 0. The van der Waals surface area contributed by atoms with Gasteiger partial charge in [-0.25, -0.2) is 9.97 Å². The van der Waals surface area contributed by atoms with Gasteiger partial charge in [0.15, 0.2) is 0 Å². The van der Waals surface area contributed by atoms with Crippen LogP contribution in [0.4, 0.5) is 11.5 Å². The summed E-state index contributed by atoms with van der Waals surface area (Å²) in [5, 5.41) is 14.9. The van der Waals surface area contributed by atoms with Gasteiger partial charge in [0.1, 0.15) is 11.5 Å². The van der Waals surface area contributed by atoms with Gasteiger partial charge in [0.25, 0.3) is 5.91 Å². The highest BCUT2D eigenvalue weighted by Gasteiger charge is 2.14. The summed E-state index contributed by atoms with van der Waals surface area (Å²) in [6.45, 7) is 0. The minimum atomic E-state index is -0.323. The van der Waals surface area contributed by atoms with Gasteiger partial charge in [-0.1, -0.05) is 19.3 Å². The largest absolute Gasteiger partial charge is 0.366 e. The predicted molar refractivity (Wildman–Crippen MR) is 91.6 cm³/mol. The number of carbonyl (C=O) groups is 1. The third-order valence-corrected chi connectivity index (χ3v) is 4.11. The summed E-state index contributed by atoms with van der Waals surface area (Å²) >= 11 is 0. The molecule has 3 rings (SSSR count). The molecule has 122 valence electrons. The van der Waals surface area contributed by atoms with E-state index in [-0.39, 0.29) is 11.6 Å². The SMILES string of the molecule is N#Cc1ccc(NC(=O)c2cnc(NC3CCCCC3)cn2)cc1. The summed E-state index contributed by atoms with van der Waals surface area (Å²) in [7, 11) is 0. The van der Waals surface area contributed by atoms with Gasteiger partial charge in [0, 0.05) is 11.7 Å². The Hall–Kier alpha value is -2.94. The van der Waals surface area contributed by atoms with Crippen molar-refractivity contribution in [3.63, 3.8) is 0 Å². The molecule has 0 bridgehead atoms. The van der Waals surface area contributed by atoms with Crippen molar-refractivity contribution in [2.75, 3.05) is 10.6 Å². The molecule has 1 aliphatic rings. The molecule has 1 aromatic heterocycles. The average Bonchev–Trinajstić information content (AvgIpc) is 2.64. The Balaban J connectivity index is 1.59. The minimum Gasteiger partial charge on any atom is -0.366 e. The van der Waals surface area contributed by atoms with Crippen LogP contribution in [0.15, 0.2) is 36.7 Å². The molecule has 0 aliphatic heterocycles. The van der Waals surface area contributed by atoms with Crippen LogP contribution < -0.4 is 10.6 Å². The Bertz CT molecular complexity index is 727. The van der Waals surface area contributed by atoms with Crippen molar-refractivity contribution in [3.05, 3.63) is 47.9 Å². The van der Waals surface area contributed by atoms with Gasteiger partial charge in [0.05, 0.1) is 24.0 Å². The van der Waals surface area contributed by atoms with E-state index < -0.39 is 0 Å². The summed E-state index contributed by atoms with van der Waals surface area (Å²) in [5.74, 6) is 0.383. The van der Waals surface area contributed by atoms with Gasteiger partial charge in [-0.3, -0.25) is 4.79 Å². The molecule has 2 N–H and O–H groups in total. The number of carbonyl (C=O) groups excluding carboxylic acids is 1. The first-order valence-electron chi connectivity index (χ1n) is 8.15. The van der Waals surface area contributed by atoms with E-state index in [9.17, 15) is 4.79 Å². The van der Waals surface area contributed by atoms with E-state index in [1.807, 2.05) is 6.07 Å². The maximum Gasteiger partial charge on any atom is 0.275 e. The molecule has 6 nitrogen and oxygen atoms in total. The fourth-order valence-corrected chi connectivity index (χ4v) is 2.80. The number of hydrogen-bond acceptors (Lipinski definition) is 5. The Morgan fingerprint density at radius 3 is 2.46 bits per heavy atom. The lowest BCUT2D eigenvalue weighted by atomic mass is 9.96. The summed E-state index contributed by atoms with van der Waals surface area (Å²) in [5.41, 5.74) is 1.42. The molecule has 1 amide bonds. The van der Waals surface area contributed by atoms with Crippen molar-refractivity contribution in [2.24, 2.45) is 0 Å². The van der Waals surface area contributed by atoms with E-state index >= 15 is 0 Å². The van der Waals surface area contributed by atoms with E-state index in [0.717, 1.165) is 12.8 Å². The fraction of sp³-hybridized carbons (Fsp3) is 0.333. The molecule has 0 atom stereocenters. The van der Waals surface area contributed by atoms with Crippen LogP contribution in [0, 0.1) is 11.3 Å². The summed E-state index contributed by atoms with van der Waals surface area (Å²) in [6, 6.07) is 9.16. The number of nitriles is 1. The van der Waals surface area contributed by atoms with Crippen LogP contribution >= 0.6 is 0 Å². The summed E-state index contributed by atoms with van der Waals surface area (Å²) in [4.78, 5) is 20.6. The molecule has 0 unspecified atom stereocenters. The molecule has 24 heavy (non-hydrogen) atoms. The maximum atomic E-state index is 12.2. The maximum absolute atomic E-state index is 12.2. The molecule has 1 heterocycles. The van der Waals surface area contributed by atoms with Crippen LogP contribution in [0.2, 0.25) is 0 Å². The smallest absolute Gasteiger partial charge is 0.275 e. The van der Waals surface area contributed by atoms with Crippen LogP contribution in [0.5, 0.6) is 0 Å². The second-order valence-electron chi connectivity index (χ2n) is 5.91. The number of hydrogen-bond donors (Lipinski definition) is 2. The van der Waals surface area contributed by atoms with E-state index in [0.29, 0.717) is 23.1 Å². The molecule has 1 fully saturated rings. The molecule has 0 radical (unpaired) electrons. The van der Waals surface area contributed by atoms with Crippen LogP contribution in [0.25, 0.3) is 0 Å². The van der Waals surface area contributed by atoms with Crippen LogP contribution in [0.1, 0.15) is 48.2 Å². The second kappa shape index (κ2) is 7.55. The van der Waals surface area contributed by atoms with Crippen molar-refractivity contribution in [1.29, 1.82) is 5.26 Å². The number of benzene rings is 1. The first-order valence-corrected chi connectivity index (χ1v) is 8.15. The molecular weight excluding hydrogens is 302 g/mol.